The summed E-state index contributed by atoms with van der Waals surface area (Å²) in [5.74, 6) is -0.248. The number of ether oxygens (including phenoxy) is 2. The summed E-state index contributed by atoms with van der Waals surface area (Å²) in [6, 6.07) is 14.0. The molecule has 0 aromatic heterocycles. The Morgan fingerprint density at radius 2 is 2.00 bits per heavy atom. The van der Waals surface area contributed by atoms with Gasteiger partial charge in [0.2, 0.25) is 5.91 Å². The van der Waals surface area contributed by atoms with Crippen LogP contribution in [0, 0.1) is 5.92 Å². The minimum atomic E-state index is -1.03. The number of hydrogen-bond acceptors (Lipinski definition) is 4. The first kappa shape index (κ1) is 18.8. The number of amides is 1. The summed E-state index contributed by atoms with van der Waals surface area (Å²) in [4.78, 5) is 26.1. The lowest BCUT2D eigenvalue weighted by Crippen LogP contribution is -2.47. The Kier molecular flexibility index (Phi) is 5.64. The molecule has 6 heteroatoms. The number of methoxy groups -OCH3 is 1. The van der Waals surface area contributed by atoms with Gasteiger partial charge in [0.25, 0.3) is 0 Å². The SMILES string of the molecule is COc1ccc2c(c1)CC(C(=O)N(Cc1ccccc1)C(C)C(=O)O)CO2. The van der Waals surface area contributed by atoms with Gasteiger partial charge in [-0.15, -0.1) is 0 Å². The van der Waals surface area contributed by atoms with Gasteiger partial charge in [-0.3, -0.25) is 4.79 Å². The Morgan fingerprint density at radius 3 is 2.67 bits per heavy atom. The van der Waals surface area contributed by atoms with E-state index in [2.05, 4.69) is 0 Å². The molecule has 2 atom stereocenters. The second-order valence-corrected chi connectivity index (χ2v) is 6.65. The molecule has 3 rings (SSSR count). The molecule has 0 spiro atoms. The molecule has 0 aliphatic carbocycles. The molecule has 2 unspecified atom stereocenters. The van der Waals surface area contributed by atoms with Crippen molar-refractivity contribution in [3.8, 4) is 11.5 Å². The third-order valence-corrected chi connectivity index (χ3v) is 4.83. The third-order valence-electron chi connectivity index (χ3n) is 4.83. The van der Waals surface area contributed by atoms with Crippen molar-refractivity contribution >= 4 is 11.9 Å². The second-order valence-electron chi connectivity index (χ2n) is 6.65. The normalized spacial score (nSPS) is 16.6. The zero-order valence-electron chi connectivity index (χ0n) is 15.4. The van der Waals surface area contributed by atoms with E-state index in [1.807, 2.05) is 48.5 Å². The number of benzene rings is 2. The molecule has 27 heavy (non-hydrogen) atoms. The monoisotopic (exact) mass is 369 g/mol. The smallest absolute Gasteiger partial charge is 0.326 e. The summed E-state index contributed by atoms with van der Waals surface area (Å²) in [6.45, 7) is 2.01. The molecule has 142 valence electrons. The van der Waals surface area contributed by atoms with Gasteiger partial charge >= 0.3 is 5.97 Å². The van der Waals surface area contributed by atoms with Crippen molar-refractivity contribution in [2.24, 2.45) is 5.92 Å². The predicted molar refractivity (Wildman–Crippen MR) is 99.8 cm³/mol. The zero-order valence-corrected chi connectivity index (χ0v) is 15.4. The van der Waals surface area contributed by atoms with Crippen molar-refractivity contribution < 1.29 is 24.2 Å². The van der Waals surface area contributed by atoms with Crippen molar-refractivity contribution in [2.45, 2.75) is 25.9 Å². The number of carbonyl (C=O) groups excluding carboxylic acids is 1. The first-order chi connectivity index (χ1) is 13.0. The maximum absolute atomic E-state index is 13.2. The number of carboxylic acid groups (broad SMARTS) is 1. The van der Waals surface area contributed by atoms with Crippen LogP contribution < -0.4 is 9.47 Å². The van der Waals surface area contributed by atoms with Crippen molar-refractivity contribution in [1.29, 1.82) is 0 Å². The van der Waals surface area contributed by atoms with E-state index in [0.717, 1.165) is 16.9 Å². The van der Waals surface area contributed by atoms with E-state index >= 15 is 0 Å². The fraction of sp³-hybridized carbons (Fsp3) is 0.333. The number of aliphatic carboxylic acids is 1. The van der Waals surface area contributed by atoms with E-state index in [9.17, 15) is 14.7 Å². The van der Waals surface area contributed by atoms with Crippen LogP contribution in [0.2, 0.25) is 0 Å². The van der Waals surface area contributed by atoms with Crippen LogP contribution in [0.15, 0.2) is 48.5 Å². The molecule has 2 aromatic rings. The lowest BCUT2D eigenvalue weighted by atomic mass is 9.94. The van der Waals surface area contributed by atoms with E-state index in [0.29, 0.717) is 12.2 Å². The van der Waals surface area contributed by atoms with Crippen LogP contribution in [0.1, 0.15) is 18.1 Å². The Bertz CT molecular complexity index is 821. The molecular formula is C21H23NO5. The largest absolute Gasteiger partial charge is 0.497 e. The average Bonchev–Trinajstić information content (AvgIpc) is 2.70. The van der Waals surface area contributed by atoms with E-state index in [1.54, 1.807) is 7.11 Å². The standard InChI is InChI=1S/C21H23NO5/c1-14(21(24)25)22(12-15-6-4-3-5-7-15)20(23)17-10-16-11-18(26-2)8-9-19(16)27-13-17/h3-9,11,14,17H,10,12-13H2,1-2H3,(H,24,25). The van der Waals surface area contributed by atoms with Gasteiger partial charge in [-0.1, -0.05) is 30.3 Å². The summed E-state index contributed by atoms with van der Waals surface area (Å²) in [7, 11) is 1.59. The van der Waals surface area contributed by atoms with Crippen molar-refractivity contribution in [1.82, 2.24) is 4.90 Å². The predicted octanol–water partition coefficient (Wildman–Crippen LogP) is 2.75. The lowest BCUT2D eigenvalue weighted by Gasteiger charge is -2.32. The van der Waals surface area contributed by atoms with E-state index < -0.39 is 17.9 Å². The second kappa shape index (κ2) is 8.12. The third kappa shape index (κ3) is 4.22. The average molecular weight is 369 g/mol. The molecular weight excluding hydrogens is 346 g/mol. The Hall–Kier alpha value is -3.02. The Labute approximate surface area is 158 Å². The minimum Gasteiger partial charge on any atom is -0.497 e. The van der Waals surface area contributed by atoms with E-state index in [-0.39, 0.29) is 19.1 Å². The maximum Gasteiger partial charge on any atom is 0.326 e. The molecule has 0 saturated carbocycles. The van der Waals surface area contributed by atoms with Crippen molar-refractivity contribution in [2.75, 3.05) is 13.7 Å². The van der Waals surface area contributed by atoms with Gasteiger partial charge in [0.15, 0.2) is 0 Å². The van der Waals surface area contributed by atoms with Gasteiger partial charge in [0, 0.05) is 6.54 Å². The first-order valence-electron chi connectivity index (χ1n) is 8.86. The lowest BCUT2D eigenvalue weighted by molar-refractivity contribution is -0.152. The fourth-order valence-electron chi connectivity index (χ4n) is 3.21. The van der Waals surface area contributed by atoms with Crippen molar-refractivity contribution in [3.63, 3.8) is 0 Å². The summed E-state index contributed by atoms with van der Waals surface area (Å²) in [5.41, 5.74) is 1.78. The van der Waals surface area contributed by atoms with Gasteiger partial charge in [-0.2, -0.15) is 0 Å². The van der Waals surface area contributed by atoms with Crippen LogP contribution >= 0.6 is 0 Å². The molecule has 0 saturated heterocycles. The number of nitrogens with zero attached hydrogens (tertiary/aromatic N) is 1. The van der Waals surface area contributed by atoms with Crippen LogP contribution in [-0.4, -0.2) is 41.6 Å². The summed E-state index contributed by atoms with van der Waals surface area (Å²) in [5, 5.41) is 9.46. The topological polar surface area (TPSA) is 76.1 Å². The van der Waals surface area contributed by atoms with Gasteiger partial charge in [0.05, 0.1) is 13.0 Å². The quantitative estimate of drug-likeness (QED) is 0.847. The van der Waals surface area contributed by atoms with Gasteiger partial charge in [-0.25, -0.2) is 4.79 Å². The molecule has 1 amide bonds. The Morgan fingerprint density at radius 1 is 1.26 bits per heavy atom. The van der Waals surface area contributed by atoms with Crippen LogP contribution in [0.3, 0.4) is 0 Å². The molecule has 1 aliphatic heterocycles. The maximum atomic E-state index is 13.2. The highest BCUT2D eigenvalue weighted by molar-refractivity contribution is 5.85. The Balaban J connectivity index is 1.82. The van der Waals surface area contributed by atoms with Crippen LogP contribution in [0.5, 0.6) is 11.5 Å². The van der Waals surface area contributed by atoms with E-state index in [1.165, 1.54) is 11.8 Å². The molecule has 1 N–H and O–H groups in total. The number of fused-ring (bicyclic) bond motifs is 1. The minimum absolute atomic E-state index is 0.220. The van der Waals surface area contributed by atoms with Crippen LogP contribution in [0.4, 0.5) is 0 Å². The fourth-order valence-corrected chi connectivity index (χ4v) is 3.21. The molecule has 1 heterocycles. The van der Waals surface area contributed by atoms with Crippen LogP contribution in [0.25, 0.3) is 0 Å². The summed E-state index contributed by atoms with van der Waals surface area (Å²) < 4.78 is 11.0. The van der Waals surface area contributed by atoms with Gasteiger partial charge < -0.3 is 19.5 Å². The molecule has 1 aliphatic rings. The molecule has 6 nitrogen and oxygen atoms in total. The number of hydrogen-bond donors (Lipinski definition) is 1. The highest BCUT2D eigenvalue weighted by Gasteiger charge is 2.34. The summed E-state index contributed by atoms with van der Waals surface area (Å²) >= 11 is 0. The number of rotatable bonds is 6. The van der Waals surface area contributed by atoms with Gasteiger partial charge in [0.1, 0.15) is 24.1 Å². The first-order valence-corrected chi connectivity index (χ1v) is 8.86. The highest BCUT2D eigenvalue weighted by atomic mass is 16.5. The van der Waals surface area contributed by atoms with Crippen molar-refractivity contribution in [3.05, 3.63) is 59.7 Å². The van der Waals surface area contributed by atoms with Crippen LogP contribution in [-0.2, 0) is 22.6 Å². The molecule has 0 fully saturated rings. The zero-order chi connectivity index (χ0) is 19.4. The molecule has 2 aromatic carbocycles. The van der Waals surface area contributed by atoms with Gasteiger partial charge in [-0.05, 0) is 42.7 Å². The van der Waals surface area contributed by atoms with E-state index in [4.69, 9.17) is 9.47 Å². The molecule has 0 radical (unpaired) electrons. The highest BCUT2D eigenvalue weighted by Crippen LogP contribution is 2.31. The summed E-state index contributed by atoms with van der Waals surface area (Å²) in [6.07, 6.45) is 0.489. The number of carboxylic acids is 1. The molecule has 0 bridgehead atoms. The number of carbonyl (C=O) groups is 2.